The number of carboxylic acid groups (broad SMARTS) is 1. The molecule has 4 rings (SSSR count). The van der Waals surface area contributed by atoms with Gasteiger partial charge in [-0.25, -0.2) is 14.4 Å². The summed E-state index contributed by atoms with van der Waals surface area (Å²) >= 11 is 0. The molecule has 0 aromatic heterocycles. The summed E-state index contributed by atoms with van der Waals surface area (Å²) < 4.78 is 10.4. The van der Waals surface area contributed by atoms with Crippen LogP contribution >= 0.6 is 0 Å². The van der Waals surface area contributed by atoms with Gasteiger partial charge in [0, 0.05) is 0 Å². The Balaban J connectivity index is 0.000000259. The van der Waals surface area contributed by atoms with Crippen molar-refractivity contribution in [3.8, 4) is 0 Å². The highest BCUT2D eigenvalue weighted by molar-refractivity contribution is 5.90. The number of hydrogen-bond donors (Lipinski definition) is 5. The van der Waals surface area contributed by atoms with Crippen molar-refractivity contribution in [3.05, 3.63) is 71.8 Å². The van der Waals surface area contributed by atoms with Gasteiger partial charge in [0.2, 0.25) is 5.91 Å². The number of alkyl carbamates (subject to hydrolysis) is 2. The predicted molar refractivity (Wildman–Crippen MR) is 173 cm³/mol. The van der Waals surface area contributed by atoms with Crippen LogP contribution < -0.4 is 16.0 Å². The summed E-state index contributed by atoms with van der Waals surface area (Å²) in [4.78, 5) is 48.4. The molecule has 0 saturated heterocycles. The van der Waals surface area contributed by atoms with Gasteiger partial charge in [0.1, 0.15) is 24.3 Å². The number of aliphatic hydroxyl groups is 1. The average Bonchev–Trinajstić information content (AvgIpc) is 3.07. The maximum atomic E-state index is 12.9. The van der Waals surface area contributed by atoms with Crippen molar-refractivity contribution in [2.75, 3.05) is 6.61 Å². The van der Waals surface area contributed by atoms with Crippen LogP contribution in [0.25, 0.3) is 0 Å². The van der Waals surface area contributed by atoms with Crippen LogP contribution in [0.5, 0.6) is 0 Å². The quantitative estimate of drug-likeness (QED) is 0.217. The normalized spacial score (nSPS) is 17.3. The van der Waals surface area contributed by atoms with Crippen molar-refractivity contribution in [1.29, 1.82) is 0 Å². The van der Waals surface area contributed by atoms with Crippen molar-refractivity contribution >= 4 is 24.1 Å². The van der Waals surface area contributed by atoms with Gasteiger partial charge in [-0.1, -0.05) is 113 Å². The molecule has 2 aromatic carbocycles. The SMILES string of the molecule is CC(C)[C@@H](CO)NC(=O)C1(NC(=O)OCc2ccccc2)CCCCC1.O=C(NC1(C(=O)O)CCCCC1)OCc1ccccc1. The third-order valence-corrected chi connectivity index (χ3v) is 8.68. The van der Waals surface area contributed by atoms with E-state index in [0.29, 0.717) is 25.7 Å². The molecule has 5 N–H and O–H groups in total. The maximum absolute atomic E-state index is 12.9. The molecular formula is C35H49N3O8. The van der Waals surface area contributed by atoms with Crippen molar-refractivity contribution < 1.29 is 38.9 Å². The molecule has 0 heterocycles. The molecular weight excluding hydrogens is 590 g/mol. The lowest BCUT2D eigenvalue weighted by molar-refractivity contribution is -0.146. The molecule has 0 radical (unpaired) electrons. The van der Waals surface area contributed by atoms with E-state index in [1.807, 2.05) is 74.5 Å². The van der Waals surface area contributed by atoms with Crippen LogP contribution in [0.15, 0.2) is 60.7 Å². The van der Waals surface area contributed by atoms with Gasteiger partial charge in [0.05, 0.1) is 12.6 Å². The first kappa shape index (κ1) is 36.3. The Hall–Kier alpha value is -4.12. The first-order valence-corrected chi connectivity index (χ1v) is 16.2. The highest BCUT2D eigenvalue weighted by Crippen LogP contribution is 2.30. The Labute approximate surface area is 271 Å². The van der Waals surface area contributed by atoms with Crippen LogP contribution in [0, 0.1) is 5.92 Å². The number of ether oxygens (including phenoxy) is 2. The number of amides is 3. The fourth-order valence-corrected chi connectivity index (χ4v) is 5.75. The van der Waals surface area contributed by atoms with E-state index in [9.17, 15) is 29.4 Å². The summed E-state index contributed by atoms with van der Waals surface area (Å²) in [6.07, 6.45) is 6.25. The zero-order chi connectivity index (χ0) is 33.4. The summed E-state index contributed by atoms with van der Waals surface area (Å²) in [5.74, 6) is -1.11. The molecule has 1 atom stereocenters. The lowest BCUT2D eigenvalue weighted by Gasteiger charge is -2.37. The van der Waals surface area contributed by atoms with Gasteiger partial charge in [-0.15, -0.1) is 0 Å². The third-order valence-electron chi connectivity index (χ3n) is 8.68. The molecule has 252 valence electrons. The zero-order valence-electron chi connectivity index (χ0n) is 27.0. The number of aliphatic hydroxyl groups excluding tert-OH is 1. The Kier molecular flexibility index (Phi) is 14.3. The fraction of sp³-hybridized carbons (Fsp3) is 0.543. The summed E-state index contributed by atoms with van der Waals surface area (Å²) in [7, 11) is 0. The number of benzene rings is 2. The van der Waals surface area contributed by atoms with E-state index >= 15 is 0 Å². The molecule has 11 heteroatoms. The monoisotopic (exact) mass is 639 g/mol. The number of nitrogens with one attached hydrogen (secondary N) is 3. The number of aliphatic carboxylic acids is 1. The molecule has 0 aliphatic heterocycles. The fourth-order valence-electron chi connectivity index (χ4n) is 5.75. The standard InChI is InChI=1S/C20H30N2O4.C15H19NO4/c1-15(2)17(13-23)21-18(24)20(11-7-4-8-12-20)22-19(25)26-14-16-9-5-3-6-10-16;17-13(18)15(9-5-2-6-10-15)16-14(19)20-11-12-7-3-1-4-8-12/h3,5-6,9-10,15,17,23H,4,7-8,11-14H2,1-2H3,(H,21,24)(H,22,25);1,3-4,7-8H,2,5-6,9-11H2,(H,16,19)(H,17,18)/t17-;/m1./s1. The van der Waals surface area contributed by atoms with Gasteiger partial charge in [0.15, 0.2) is 0 Å². The van der Waals surface area contributed by atoms with Crippen molar-refractivity contribution in [3.63, 3.8) is 0 Å². The molecule has 11 nitrogen and oxygen atoms in total. The predicted octanol–water partition coefficient (Wildman–Crippen LogP) is 5.45. The first-order chi connectivity index (χ1) is 22.1. The average molecular weight is 640 g/mol. The summed E-state index contributed by atoms with van der Waals surface area (Å²) in [6.45, 7) is 4.06. The van der Waals surface area contributed by atoms with Gasteiger partial charge in [0.25, 0.3) is 0 Å². The van der Waals surface area contributed by atoms with E-state index in [1.54, 1.807) is 0 Å². The van der Waals surface area contributed by atoms with Crippen LogP contribution in [-0.2, 0) is 32.3 Å². The molecule has 2 aliphatic carbocycles. The zero-order valence-corrected chi connectivity index (χ0v) is 27.0. The molecule has 3 amide bonds. The second-order valence-corrected chi connectivity index (χ2v) is 12.5. The Morgan fingerprint density at radius 1 is 0.696 bits per heavy atom. The van der Waals surface area contributed by atoms with Crippen molar-refractivity contribution in [2.24, 2.45) is 5.92 Å². The van der Waals surface area contributed by atoms with Gasteiger partial charge >= 0.3 is 18.2 Å². The van der Waals surface area contributed by atoms with Gasteiger partial charge in [-0.2, -0.15) is 0 Å². The Bertz CT molecular complexity index is 1240. The molecule has 2 aliphatic rings. The first-order valence-electron chi connectivity index (χ1n) is 16.2. The lowest BCUT2D eigenvalue weighted by atomic mass is 9.80. The molecule has 2 fully saturated rings. The van der Waals surface area contributed by atoms with Gasteiger partial charge in [-0.05, 0) is 42.7 Å². The largest absolute Gasteiger partial charge is 0.480 e. The van der Waals surface area contributed by atoms with Crippen LogP contribution in [-0.4, -0.2) is 58.0 Å². The minimum atomic E-state index is -1.16. The summed E-state index contributed by atoms with van der Waals surface area (Å²) in [6, 6.07) is 18.4. The maximum Gasteiger partial charge on any atom is 0.408 e. The number of rotatable bonds is 11. The van der Waals surface area contributed by atoms with Crippen LogP contribution in [0.1, 0.15) is 89.2 Å². The molecule has 0 unspecified atom stereocenters. The van der Waals surface area contributed by atoms with E-state index in [1.165, 1.54) is 0 Å². The molecule has 46 heavy (non-hydrogen) atoms. The van der Waals surface area contributed by atoms with E-state index in [4.69, 9.17) is 9.47 Å². The minimum Gasteiger partial charge on any atom is -0.480 e. The van der Waals surface area contributed by atoms with E-state index in [2.05, 4.69) is 16.0 Å². The second-order valence-electron chi connectivity index (χ2n) is 12.5. The summed E-state index contributed by atoms with van der Waals surface area (Å²) in [5.41, 5.74) is -0.360. The van der Waals surface area contributed by atoms with Crippen molar-refractivity contribution in [2.45, 2.75) is 108 Å². The summed E-state index contributed by atoms with van der Waals surface area (Å²) in [5, 5.41) is 27.1. The van der Waals surface area contributed by atoms with E-state index in [0.717, 1.165) is 49.7 Å². The highest BCUT2D eigenvalue weighted by atomic mass is 16.6. The number of carbonyl (C=O) groups is 4. The van der Waals surface area contributed by atoms with E-state index in [-0.39, 0.29) is 37.7 Å². The molecule has 2 saturated carbocycles. The van der Waals surface area contributed by atoms with Gasteiger partial charge < -0.3 is 35.6 Å². The molecule has 2 aromatic rings. The van der Waals surface area contributed by atoms with Crippen LogP contribution in [0.4, 0.5) is 9.59 Å². The highest BCUT2D eigenvalue weighted by Gasteiger charge is 2.43. The second kappa shape index (κ2) is 18.1. The lowest BCUT2D eigenvalue weighted by Crippen LogP contribution is -2.62. The number of carbonyl (C=O) groups excluding carboxylic acids is 3. The van der Waals surface area contributed by atoms with E-state index < -0.39 is 29.2 Å². The van der Waals surface area contributed by atoms with Crippen LogP contribution in [0.2, 0.25) is 0 Å². The topological polar surface area (TPSA) is 163 Å². The smallest absolute Gasteiger partial charge is 0.408 e. The Morgan fingerprint density at radius 3 is 1.50 bits per heavy atom. The third kappa shape index (κ3) is 11.0. The minimum absolute atomic E-state index is 0.106. The van der Waals surface area contributed by atoms with Crippen molar-refractivity contribution in [1.82, 2.24) is 16.0 Å². The number of hydrogen-bond acceptors (Lipinski definition) is 7. The number of carboxylic acids is 1. The molecule has 0 bridgehead atoms. The van der Waals surface area contributed by atoms with Crippen LogP contribution in [0.3, 0.4) is 0 Å². The van der Waals surface area contributed by atoms with Gasteiger partial charge in [-0.3, -0.25) is 4.79 Å². The Morgan fingerprint density at radius 2 is 1.11 bits per heavy atom. The molecule has 0 spiro atoms.